The summed E-state index contributed by atoms with van der Waals surface area (Å²) in [5.41, 5.74) is 6.32. The summed E-state index contributed by atoms with van der Waals surface area (Å²) in [6.45, 7) is 0. The summed E-state index contributed by atoms with van der Waals surface area (Å²) < 4.78 is 99.8. The predicted molar refractivity (Wildman–Crippen MR) is 157 cm³/mol. The SMILES string of the molecule is Nc1ccc(/N=N/c2ccc(/N=N/c3ccccc3S(=O)(=O)O)c3ccc(S(=O)(=O)O)cc23)c2cccc(S(=O)(=O)O)c12. The van der Waals surface area contributed by atoms with Gasteiger partial charge in [0.15, 0.2) is 0 Å². The van der Waals surface area contributed by atoms with Crippen LogP contribution in [-0.2, 0) is 30.4 Å². The van der Waals surface area contributed by atoms with Gasteiger partial charge >= 0.3 is 0 Å². The molecule has 17 heteroatoms. The first kappa shape index (κ1) is 29.8. The first-order valence-electron chi connectivity index (χ1n) is 11.9. The van der Waals surface area contributed by atoms with E-state index in [1.807, 2.05) is 0 Å². The number of hydrogen-bond donors (Lipinski definition) is 4. The van der Waals surface area contributed by atoms with Crippen LogP contribution in [0.1, 0.15) is 0 Å². The molecule has 5 N–H and O–H groups in total. The minimum absolute atomic E-state index is 0.0286. The standard InChI is InChI=1S/C26H19N5O9S3/c27-19-10-11-21(17-4-3-7-25(26(17)19)43(38,39)40)29-30-22-13-12-20(16-9-8-15(14-18(16)22)41(32,33)34)28-31-23-5-1-2-6-24(23)42(35,36)37/h1-14H,27H2,(H,32,33,34)(H,35,36,37)(H,38,39,40)/b30-29+,31-28+. The van der Waals surface area contributed by atoms with E-state index in [0.717, 1.165) is 18.2 Å². The molecule has 14 nitrogen and oxygen atoms in total. The van der Waals surface area contributed by atoms with Gasteiger partial charge in [-0.25, -0.2) is 0 Å². The van der Waals surface area contributed by atoms with Crippen molar-refractivity contribution >= 4 is 80.3 Å². The average Bonchev–Trinajstić information content (AvgIpc) is 2.94. The predicted octanol–water partition coefficient (Wildman–Crippen LogP) is 6.15. The second kappa shape index (κ2) is 10.9. The molecule has 0 radical (unpaired) electrons. The highest BCUT2D eigenvalue weighted by Crippen LogP contribution is 2.39. The summed E-state index contributed by atoms with van der Waals surface area (Å²) in [4.78, 5) is -1.36. The molecule has 0 spiro atoms. The van der Waals surface area contributed by atoms with Gasteiger partial charge in [0.2, 0.25) is 0 Å². The third-order valence-corrected chi connectivity index (χ3v) is 8.85. The van der Waals surface area contributed by atoms with Gasteiger partial charge in [0.05, 0.1) is 22.0 Å². The van der Waals surface area contributed by atoms with Crippen LogP contribution in [0.3, 0.4) is 0 Å². The molecule has 5 aromatic rings. The van der Waals surface area contributed by atoms with Crippen molar-refractivity contribution in [2.24, 2.45) is 20.5 Å². The summed E-state index contributed by atoms with van der Waals surface area (Å²) in [6, 6.07) is 18.7. The molecule has 0 aromatic heterocycles. The number of benzene rings is 5. The molecule has 0 amide bonds. The lowest BCUT2D eigenvalue weighted by Crippen LogP contribution is -2.01. The second-order valence-corrected chi connectivity index (χ2v) is 13.2. The summed E-state index contributed by atoms with van der Waals surface area (Å²) >= 11 is 0. The Labute approximate surface area is 244 Å². The number of nitrogens with zero attached hydrogens (tertiary/aromatic N) is 4. The minimum atomic E-state index is -4.64. The lowest BCUT2D eigenvalue weighted by atomic mass is 10.1. The van der Waals surface area contributed by atoms with E-state index < -0.39 is 45.0 Å². The van der Waals surface area contributed by atoms with Gasteiger partial charge in [-0.05, 0) is 54.6 Å². The number of hydrogen-bond acceptors (Lipinski definition) is 11. The van der Waals surface area contributed by atoms with Crippen LogP contribution in [0.25, 0.3) is 21.5 Å². The van der Waals surface area contributed by atoms with Crippen LogP contribution >= 0.6 is 0 Å². The molecular weight excluding hydrogens is 623 g/mol. The molecule has 0 heterocycles. The van der Waals surface area contributed by atoms with E-state index >= 15 is 0 Å². The zero-order valence-electron chi connectivity index (χ0n) is 21.5. The quantitative estimate of drug-likeness (QED) is 0.0898. The summed E-state index contributed by atoms with van der Waals surface area (Å²) in [7, 11) is -13.9. The smallest absolute Gasteiger partial charge is 0.296 e. The van der Waals surface area contributed by atoms with Crippen molar-refractivity contribution in [2.75, 3.05) is 5.73 Å². The number of anilines is 1. The zero-order chi connectivity index (χ0) is 31.2. The average molecular weight is 642 g/mol. The number of azo groups is 2. The Kier molecular flexibility index (Phi) is 7.55. The Hall–Kier alpha value is -4.65. The maximum Gasteiger partial charge on any atom is 0.296 e. The Morgan fingerprint density at radius 2 is 1.02 bits per heavy atom. The molecule has 5 rings (SSSR count). The Balaban J connectivity index is 1.67. The highest BCUT2D eigenvalue weighted by atomic mass is 32.2. The van der Waals surface area contributed by atoms with Crippen LogP contribution in [0.5, 0.6) is 0 Å². The molecule has 0 bridgehead atoms. The topological polar surface area (TPSA) is 239 Å². The maximum absolute atomic E-state index is 11.9. The molecule has 0 aliphatic heterocycles. The molecule has 0 aliphatic carbocycles. The van der Waals surface area contributed by atoms with E-state index in [-0.39, 0.29) is 50.0 Å². The van der Waals surface area contributed by atoms with Gasteiger partial charge in [-0.2, -0.15) is 25.3 Å². The molecule has 43 heavy (non-hydrogen) atoms. The van der Waals surface area contributed by atoms with Gasteiger partial charge in [-0.1, -0.05) is 30.3 Å². The molecule has 0 fully saturated rings. The lowest BCUT2D eigenvalue weighted by Gasteiger charge is -2.09. The molecule has 0 saturated carbocycles. The van der Waals surface area contributed by atoms with E-state index in [9.17, 15) is 38.9 Å². The van der Waals surface area contributed by atoms with E-state index in [1.54, 1.807) is 0 Å². The van der Waals surface area contributed by atoms with E-state index in [1.165, 1.54) is 66.7 Å². The van der Waals surface area contributed by atoms with Crippen LogP contribution in [0.15, 0.2) is 120 Å². The summed E-state index contributed by atoms with van der Waals surface area (Å²) in [5.74, 6) is 0. The molecule has 0 aliphatic rings. The maximum atomic E-state index is 11.9. The van der Waals surface area contributed by atoms with Gasteiger partial charge in [0.25, 0.3) is 30.4 Å². The van der Waals surface area contributed by atoms with Gasteiger partial charge < -0.3 is 5.73 Å². The van der Waals surface area contributed by atoms with Crippen molar-refractivity contribution in [1.29, 1.82) is 0 Å². The number of rotatable bonds is 7. The van der Waals surface area contributed by atoms with Crippen LogP contribution in [0.4, 0.5) is 28.4 Å². The summed E-state index contributed by atoms with van der Waals surface area (Å²) in [5, 5.41) is 17.2. The largest absolute Gasteiger partial charge is 0.398 e. The third-order valence-electron chi connectivity index (χ3n) is 6.20. The molecule has 5 aromatic carbocycles. The van der Waals surface area contributed by atoms with Crippen molar-refractivity contribution in [2.45, 2.75) is 14.7 Å². The van der Waals surface area contributed by atoms with Gasteiger partial charge in [0.1, 0.15) is 15.5 Å². The Morgan fingerprint density at radius 1 is 0.488 bits per heavy atom. The van der Waals surface area contributed by atoms with Crippen LogP contribution < -0.4 is 5.73 Å². The van der Waals surface area contributed by atoms with Crippen molar-refractivity contribution in [3.8, 4) is 0 Å². The van der Waals surface area contributed by atoms with Gasteiger partial charge in [-0.3, -0.25) is 13.7 Å². The third kappa shape index (κ3) is 6.12. The van der Waals surface area contributed by atoms with E-state index in [2.05, 4.69) is 20.5 Å². The number of nitrogens with two attached hydrogens (primary N) is 1. The van der Waals surface area contributed by atoms with Crippen molar-refractivity contribution in [1.82, 2.24) is 0 Å². The van der Waals surface area contributed by atoms with Gasteiger partial charge in [0, 0.05) is 27.2 Å². The van der Waals surface area contributed by atoms with E-state index in [0.29, 0.717) is 0 Å². The Bertz CT molecular complexity index is 2340. The first-order chi connectivity index (χ1) is 20.1. The molecular formula is C26H19N5O9S3. The van der Waals surface area contributed by atoms with E-state index in [4.69, 9.17) is 5.73 Å². The lowest BCUT2D eigenvalue weighted by molar-refractivity contribution is 0.481. The number of nitrogen functional groups attached to an aromatic ring is 1. The Morgan fingerprint density at radius 3 is 1.65 bits per heavy atom. The molecule has 0 saturated heterocycles. The van der Waals surface area contributed by atoms with Crippen LogP contribution in [0, 0.1) is 0 Å². The van der Waals surface area contributed by atoms with Crippen molar-refractivity contribution < 1.29 is 38.9 Å². The second-order valence-electron chi connectivity index (χ2n) is 8.96. The van der Waals surface area contributed by atoms with Crippen LogP contribution in [0.2, 0.25) is 0 Å². The fraction of sp³-hybridized carbons (Fsp3) is 0. The minimum Gasteiger partial charge on any atom is -0.398 e. The number of fused-ring (bicyclic) bond motifs is 2. The molecule has 220 valence electrons. The molecule has 0 atom stereocenters. The first-order valence-corrected chi connectivity index (χ1v) is 16.2. The normalized spacial score (nSPS) is 13.0. The van der Waals surface area contributed by atoms with Crippen LogP contribution in [-0.4, -0.2) is 38.9 Å². The molecule has 0 unspecified atom stereocenters. The van der Waals surface area contributed by atoms with Crippen molar-refractivity contribution in [3.63, 3.8) is 0 Å². The monoisotopic (exact) mass is 641 g/mol. The fourth-order valence-electron chi connectivity index (χ4n) is 4.29. The zero-order valence-corrected chi connectivity index (χ0v) is 23.9. The summed E-state index contributed by atoms with van der Waals surface area (Å²) in [6.07, 6.45) is 0. The highest BCUT2D eigenvalue weighted by Gasteiger charge is 2.19. The van der Waals surface area contributed by atoms with Gasteiger partial charge in [-0.15, -0.1) is 20.5 Å². The fourth-order valence-corrected chi connectivity index (χ4v) is 6.16. The highest BCUT2D eigenvalue weighted by molar-refractivity contribution is 7.86. The van der Waals surface area contributed by atoms with Crippen molar-refractivity contribution in [3.05, 3.63) is 84.9 Å².